The summed E-state index contributed by atoms with van der Waals surface area (Å²) in [4.78, 5) is 35.2. The molecule has 3 aromatic rings. The summed E-state index contributed by atoms with van der Waals surface area (Å²) in [5.74, 6) is -1.46. The monoisotopic (exact) mass is 366 g/mol. The predicted octanol–water partition coefficient (Wildman–Crippen LogP) is 2.02. The molecular weight excluding hydrogens is 348 g/mol. The molecule has 0 radical (unpaired) electrons. The first-order chi connectivity index (χ1) is 13.1. The fourth-order valence-electron chi connectivity index (χ4n) is 2.52. The number of amides is 2. The van der Waals surface area contributed by atoms with Crippen molar-refractivity contribution in [1.82, 2.24) is 10.6 Å². The van der Waals surface area contributed by atoms with E-state index in [2.05, 4.69) is 10.6 Å². The number of carbonyl (C=O) groups is 3. The van der Waals surface area contributed by atoms with Crippen LogP contribution in [0.4, 0.5) is 0 Å². The molecule has 0 saturated heterocycles. The van der Waals surface area contributed by atoms with Crippen LogP contribution in [0.2, 0.25) is 0 Å². The SMILES string of the molecule is O=C(CNC(=O)c1ccco1)NCC(=O)OCc1cccc2ccccc12. The number of benzene rings is 2. The Bertz CT molecular complexity index is 945. The number of nitrogens with one attached hydrogen (secondary N) is 2. The van der Waals surface area contributed by atoms with Gasteiger partial charge in [0, 0.05) is 0 Å². The first-order valence-electron chi connectivity index (χ1n) is 8.34. The van der Waals surface area contributed by atoms with E-state index in [1.807, 2.05) is 42.5 Å². The van der Waals surface area contributed by atoms with Gasteiger partial charge < -0.3 is 19.8 Å². The van der Waals surface area contributed by atoms with Crippen LogP contribution >= 0.6 is 0 Å². The van der Waals surface area contributed by atoms with Gasteiger partial charge in [-0.1, -0.05) is 42.5 Å². The van der Waals surface area contributed by atoms with Crippen molar-refractivity contribution in [3.8, 4) is 0 Å². The highest BCUT2D eigenvalue weighted by atomic mass is 16.5. The Morgan fingerprint density at radius 1 is 0.889 bits per heavy atom. The molecule has 1 heterocycles. The van der Waals surface area contributed by atoms with Crippen LogP contribution in [0.3, 0.4) is 0 Å². The Labute approximate surface area is 155 Å². The van der Waals surface area contributed by atoms with Crippen LogP contribution in [0.25, 0.3) is 10.8 Å². The highest BCUT2D eigenvalue weighted by Gasteiger charge is 2.12. The van der Waals surface area contributed by atoms with Crippen LogP contribution in [-0.4, -0.2) is 30.9 Å². The van der Waals surface area contributed by atoms with E-state index < -0.39 is 17.8 Å². The fraction of sp³-hybridized carbons (Fsp3) is 0.150. The molecule has 138 valence electrons. The summed E-state index contributed by atoms with van der Waals surface area (Å²) in [6.07, 6.45) is 1.36. The minimum Gasteiger partial charge on any atom is -0.459 e. The number of carbonyl (C=O) groups excluding carboxylic acids is 3. The van der Waals surface area contributed by atoms with Gasteiger partial charge in [-0.2, -0.15) is 0 Å². The van der Waals surface area contributed by atoms with E-state index in [1.54, 1.807) is 6.07 Å². The molecule has 2 amide bonds. The third-order valence-electron chi connectivity index (χ3n) is 3.85. The Morgan fingerprint density at radius 2 is 1.70 bits per heavy atom. The molecule has 0 atom stereocenters. The van der Waals surface area contributed by atoms with Gasteiger partial charge >= 0.3 is 5.97 Å². The molecule has 7 nitrogen and oxygen atoms in total. The Hall–Kier alpha value is -3.61. The average molecular weight is 366 g/mol. The van der Waals surface area contributed by atoms with E-state index in [1.165, 1.54) is 12.3 Å². The molecule has 7 heteroatoms. The summed E-state index contributed by atoms with van der Waals surface area (Å²) >= 11 is 0. The molecule has 0 aliphatic heterocycles. The van der Waals surface area contributed by atoms with E-state index in [4.69, 9.17) is 9.15 Å². The van der Waals surface area contributed by atoms with Crippen LogP contribution in [0, 0.1) is 0 Å². The molecule has 0 fully saturated rings. The van der Waals surface area contributed by atoms with Crippen molar-refractivity contribution in [2.75, 3.05) is 13.1 Å². The van der Waals surface area contributed by atoms with Crippen LogP contribution in [0.5, 0.6) is 0 Å². The van der Waals surface area contributed by atoms with E-state index >= 15 is 0 Å². The minimum atomic E-state index is -0.561. The van der Waals surface area contributed by atoms with Gasteiger partial charge in [0.25, 0.3) is 5.91 Å². The maximum Gasteiger partial charge on any atom is 0.325 e. The zero-order valence-electron chi connectivity index (χ0n) is 14.4. The minimum absolute atomic E-state index is 0.109. The molecule has 3 rings (SSSR count). The maximum atomic E-state index is 11.8. The summed E-state index contributed by atoms with van der Waals surface area (Å²) in [5.41, 5.74) is 0.887. The van der Waals surface area contributed by atoms with E-state index in [9.17, 15) is 14.4 Å². The molecule has 0 aliphatic carbocycles. The Kier molecular flexibility index (Phi) is 5.84. The van der Waals surface area contributed by atoms with Crippen molar-refractivity contribution in [2.24, 2.45) is 0 Å². The predicted molar refractivity (Wildman–Crippen MR) is 97.8 cm³/mol. The van der Waals surface area contributed by atoms with Gasteiger partial charge in [-0.3, -0.25) is 14.4 Å². The lowest BCUT2D eigenvalue weighted by molar-refractivity contribution is -0.145. The smallest absolute Gasteiger partial charge is 0.325 e. The number of rotatable bonds is 7. The molecule has 0 aliphatic rings. The molecular formula is C20H18N2O5. The van der Waals surface area contributed by atoms with Gasteiger partial charge in [-0.25, -0.2) is 0 Å². The second-order valence-corrected chi connectivity index (χ2v) is 5.74. The van der Waals surface area contributed by atoms with Crippen LogP contribution in [-0.2, 0) is 20.9 Å². The summed E-state index contributed by atoms with van der Waals surface area (Å²) < 4.78 is 10.1. The van der Waals surface area contributed by atoms with Gasteiger partial charge in [-0.15, -0.1) is 0 Å². The number of furan rings is 1. The third kappa shape index (κ3) is 4.94. The number of hydrogen-bond acceptors (Lipinski definition) is 5. The molecule has 0 spiro atoms. The van der Waals surface area contributed by atoms with Gasteiger partial charge in [-0.05, 0) is 28.5 Å². The van der Waals surface area contributed by atoms with E-state index in [-0.39, 0.29) is 25.5 Å². The van der Waals surface area contributed by atoms with Crippen molar-refractivity contribution < 1.29 is 23.5 Å². The zero-order chi connectivity index (χ0) is 19.1. The lowest BCUT2D eigenvalue weighted by atomic mass is 10.1. The molecule has 0 saturated carbocycles. The van der Waals surface area contributed by atoms with E-state index in [0.29, 0.717) is 0 Å². The first kappa shape index (κ1) is 18.2. The standard InChI is InChI=1S/C20H18N2O5/c23-18(11-22-20(25)17-9-4-10-26-17)21-12-19(24)27-13-15-7-3-6-14-5-1-2-8-16(14)15/h1-10H,11-13H2,(H,21,23)(H,22,25). The first-order valence-corrected chi connectivity index (χ1v) is 8.34. The molecule has 1 aromatic heterocycles. The lowest BCUT2D eigenvalue weighted by Crippen LogP contribution is -2.39. The van der Waals surface area contributed by atoms with E-state index in [0.717, 1.165) is 16.3 Å². The number of ether oxygens (including phenoxy) is 1. The Morgan fingerprint density at radius 3 is 2.52 bits per heavy atom. The van der Waals surface area contributed by atoms with Crippen LogP contribution in [0.1, 0.15) is 16.1 Å². The quantitative estimate of drug-likeness (QED) is 0.624. The number of hydrogen-bond donors (Lipinski definition) is 2. The molecule has 2 N–H and O–H groups in total. The number of fused-ring (bicyclic) bond motifs is 1. The van der Waals surface area contributed by atoms with Gasteiger partial charge in [0.05, 0.1) is 12.8 Å². The topological polar surface area (TPSA) is 97.6 Å². The van der Waals surface area contributed by atoms with Crippen LogP contribution < -0.4 is 10.6 Å². The second kappa shape index (κ2) is 8.66. The summed E-state index contributed by atoms with van der Waals surface area (Å²) in [5, 5.41) is 6.86. The highest BCUT2D eigenvalue weighted by molar-refractivity contribution is 5.94. The maximum absolute atomic E-state index is 11.8. The van der Waals surface area contributed by atoms with Crippen molar-refractivity contribution in [3.05, 3.63) is 72.2 Å². The van der Waals surface area contributed by atoms with Crippen molar-refractivity contribution >= 4 is 28.6 Å². The van der Waals surface area contributed by atoms with Gasteiger partial charge in [0.15, 0.2) is 5.76 Å². The van der Waals surface area contributed by atoms with Crippen LogP contribution in [0.15, 0.2) is 65.3 Å². The highest BCUT2D eigenvalue weighted by Crippen LogP contribution is 2.19. The third-order valence-corrected chi connectivity index (χ3v) is 3.85. The van der Waals surface area contributed by atoms with Crippen molar-refractivity contribution in [2.45, 2.75) is 6.61 Å². The molecule has 0 bridgehead atoms. The molecule has 0 unspecified atom stereocenters. The second-order valence-electron chi connectivity index (χ2n) is 5.74. The summed E-state index contributed by atoms with van der Waals surface area (Å²) in [7, 11) is 0. The summed E-state index contributed by atoms with van der Waals surface area (Å²) in [6.45, 7) is -0.429. The summed E-state index contributed by atoms with van der Waals surface area (Å²) in [6, 6.07) is 16.6. The number of esters is 1. The van der Waals surface area contributed by atoms with Gasteiger partial charge in [0.1, 0.15) is 13.2 Å². The average Bonchev–Trinajstić information content (AvgIpc) is 3.23. The largest absolute Gasteiger partial charge is 0.459 e. The zero-order valence-corrected chi connectivity index (χ0v) is 14.4. The van der Waals surface area contributed by atoms with Crippen molar-refractivity contribution in [3.63, 3.8) is 0 Å². The fourth-order valence-corrected chi connectivity index (χ4v) is 2.52. The van der Waals surface area contributed by atoms with Gasteiger partial charge in [0.2, 0.25) is 5.91 Å². The molecule has 2 aromatic carbocycles. The Balaban J connectivity index is 1.41. The lowest BCUT2D eigenvalue weighted by Gasteiger charge is -2.09. The normalized spacial score (nSPS) is 10.4. The molecule has 27 heavy (non-hydrogen) atoms. The van der Waals surface area contributed by atoms with Crippen molar-refractivity contribution in [1.29, 1.82) is 0 Å².